The van der Waals surface area contributed by atoms with E-state index in [0.717, 1.165) is 24.5 Å². The van der Waals surface area contributed by atoms with E-state index < -0.39 is 34.2 Å². The molecule has 0 heterocycles. The van der Waals surface area contributed by atoms with Gasteiger partial charge in [0.15, 0.2) is 0 Å². The molecular formula is C16H13Cl2F3N2O3S. The maximum Gasteiger partial charge on any atom is 0.416 e. The van der Waals surface area contributed by atoms with Gasteiger partial charge in [-0.05, 0) is 36.4 Å². The summed E-state index contributed by atoms with van der Waals surface area (Å²) in [4.78, 5) is 12.2. The molecule has 0 spiro atoms. The molecule has 0 aliphatic heterocycles. The number of nitrogens with zero attached hydrogens (tertiary/aromatic N) is 1. The maximum atomic E-state index is 12.7. The number of carbonyl (C=O) groups is 1. The van der Waals surface area contributed by atoms with Gasteiger partial charge in [0, 0.05) is 10.7 Å². The number of nitrogens with one attached hydrogen (secondary N) is 1. The molecule has 1 amide bonds. The fraction of sp³-hybridized carbons (Fsp3) is 0.188. The highest BCUT2D eigenvalue weighted by Crippen LogP contribution is 2.32. The Labute approximate surface area is 163 Å². The minimum absolute atomic E-state index is 0.0224. The molecule has 0 aliphatic carbocycles. The van der Waals surface area contributed by atoms with Gasteiger partial charge in [0.1, 0.15) is 6.54 Å². The number of amides is 1. The molecule has 0 aromatic heterocycles. The van der Waals surface area contributed by atoms with Gasteiger partial charge < -0.3 is 5.32 Å². The average Bonchev–Trinajstić information content (AvgIpc) is 2.53. The van der Waals surface area contributed by atoms with Crippen LogP contribution in [0.1, 0.15) is 5.56 Å². The molecule has 5 nitrogen and oxygen atoms in total. The first-order chi connectivity index (χ1) is 12.4. The van der Waals surface area contributed by atoms with E-state index in [9.17, 15) is 26.4 Å². The Hall–Kier alpha value is -1.97. The second kappa shape index (κ2) is 7.95. The summed E-state index contributed by atoms with van der Waals surface area (Å²) in [7, 11) is -3.93. The Balaban J connectivity index is 2.27. The molecular weight excluding hydrogens is 428 g/mol. The number of carbonyl (C=O) groups excluding carboxylic acids is 1. The molecule has 0 unspecified atom stereocenters. The van der Waals surface area contributed by atoms with Crippen LogP contribution in [0.25, 0.3) is 0 Å². The van der Waals surface area contributed by atoms with E-state index in [1.165, 1.54) is 24.3 Å². The fourth-order valence-electron chi connectivity index (χ4n) is 2.16. The Morgan fingerprint density at radius 1 is 1.15 bits per heavy atom. The molecule has 2 rings (SSSR count). The van der Waals surface area contributed by atoms with Gasteiger partial charge in [0.05, 0.1) is 22.5 Å². The van der Waals surface area contributed by atoms with Crippen LogP contribution in [0.5, 0.6) is 0 Å². The molecule has 0 atom stereocenters. The summed E-state index contributed by atoms with van der Waals surface area (Å²) >= 11 is 11.8. The minimum atomic E-state index is -4.58. The van der Waals surface area contributed by atoms with E-state index >= 15 is 0 Å². The molecule has 11 heteroatoms. The minimum Gasteiger partial charge on any atom is -0.325 e. The van der Waals surface area contributed by atoms with Crippen LogP contribution < -0.4 is 9.62 Å². The van der Waals surface area contributed by atoms with Gasteiger partial charge in [-0.1, -0.05) is 29.3 Å². The summed E-state index contributed by atoms with van der Waals surface area (Å²) in [5.41, 5.74) is -1.09. The highest BCUT2D eigenvalue weighted by molar-refractivity contribution is 7.92. The Kier molecular flexibility index (Phi) is 6.28. The van der Waals surface area contributed by atoms with Crippen molar-refractivity contribution in [1.82, 2.24) is 0 Å². The number of hydrogen-bond acceptors (Lipinski definition) is 3. The summed E-state index contributed by atoms with van der Waals surface area (Å²) in [5.74, 6) is -0.851. The highest BCUT2D eigenvalue weighted by atomic mass is 35.5. The Bertz CT molecular complexity index is 966. The van der Waals surface area contributed by atoms with Gasteiger partial charge in [-0.25, -0.2) is 8.42 Å². The van der Waals surface area contributed by atoms with Crippen molar-refractivity contribution in [3.8, 4) is 0 Å². The number of hydrogen-bond donors (Lipinski definition) is 1. The second-order valence-electron chi connectivity index (χ2n) is 5.49. The standard InChI is InChI=1S/C16H13Cl2F3N2O3S/c1-27(25,26)23(14-8-11(17)5-6-13(14)18)9-15(24)22-12-4-2-3-10(7-12)16(19,20)21/h2-8H,9H2,1H3,(H,22,24). The van der Waals surface area contributed by atoms with Crippen molar-refractivity contribution in [2.45, 2.75) is 6.18 Å². The maximum absolute atomic E-state index is 12.7. The van der Waals surface area contributed by atoms with Gasteiger partial charge in [-0.2, -0.15) is 13.2 Å². The quantitative estimate of drug-likeness (QED) is 0.748. The molecule has 2 aromatic rings. The zero-order valence-corrected chi connectivity index (χ0v) is 16.0. The third-order valence-electron chi connectivity index (χ3n) is 3.34. The Morgan fingerprint density at radius 2 is 1.81 bits per heavy atom. The number of anilines is 2. The van der Waals surface area contributed by atoms with Crippen molar-refractivity contribution in [2.75, 3.05) is 22.4 Å². The molecule has 0 saturated heterocycles. The molecule has 0 saturated carbocycles. The zero-order chi connectivity index (χ0) is 20.4. The van der Waals surface area contributed by atoms with Crippen LogP contribution in [0.15, 0.2) is 42.5 Å². The molecule has 1 N–H and O–H groups in total. The summed E-state index contributed by atoms with van der Waals surface area (Å²) in [6.45, 7) is -0.699. The molecule has 146 valence electrons. The monoisotopic (exact) mass is 440 g/mol. The summed E-state index contributed by atoms with van der Waals surface area (Å²) in [6, 6.07) is 8.05. The summed E-state index contributed by atoms with van der Waals surface area (Å²) in [6.07, 6.45) is -3.71. The number of benzene rings is 2. The molecule has 0 aliphatic rings. The van der Waals surface area contributed by atoms with Gasteiger partial charge >= 0.3 is 6.18 Å². The van der Waals surface area contributed by atoms with Crippen LogP contribution in [-0.2, 0) is 21.0 Å². The number of halogens is 5. The SMILES string of the molecule is CS(=O)(=O)N(CC(=O)Nc1cccc(C(F)(F)F)c1)c1cc(Cl)ccc1Cl. The van der Waals surface area contributed by atoms with E-state index in [1.807, 2.05) is 0 Å². The van der Waals surface area contributed by atoms with Crippen molar-refractivity contribution in [3.05, 3.63) is 58.1 Å². The summed E-state index contributed by atoms with van der Waals surface area (Å²) < 4.78 is 63.1. The zero-order valence-electron chi connectivity index (χ0n) is 13.7. The van der Waals surface area contributed by atoms with Crippen LogP contribution in [0.3, 0.4) is 0 Å². The van der Waals surface area contributed by atoms with E-state index in [4.69, 9.17) is 23.2 Å². The topological polar surface area (TPSA) is 66.5 Å². The van der Waals surface area contributed by atoms with Gasteiger partial charge in [-0.3, -0.25) is 9.10 Å². The Morgan fingerprint density at radius 3 is 2.41 bits per heavy atom. The van der Waals surface area contributed by atoms with Gasteiger partial charge in [-0.15, -0.1) is 0 Å². The third kappa shape index (κ3) is 5.75. The van der Waals surface area contributed by atoms with Crippen LogP contribution in [0, 0.1) is 0 Å². The number of alkyl halides is 3. The smallest absolute Gasteiger partial charge is 0.325 e. The van der Waals surface area contributed by atoms with Crippen LogP contribution in [-0.4, -0.2) is 27.1 Å². The van der Waals surface area contributed by atoms with Crippen LogP contribution in [0.2, 0.25) is 10.0 Å². The largest absolute Gasteiger partial charge is 0.416 e. The van der Waals surface area contributed by atoms with E-state index in [2.05, 4.69) is 5.32 Å². The van der Waals surface area contributed by atoms with Crippen molar-refractivity contribution >= 4 is 50.5 Å². The first-order valence-corrected chi connectivity index (χ1v) is 9.88. The second-order valence-corrected chi connectivity index (χ2v) is 8.24. The molecule has 0 radical (unpaired) electrons. The van der Waals surface area contributed by atoms with E-state index in [-0.39, 0.29) is 21.4 Å². The first kappa shape index (κ1) is 21.3. The fourth-order valence-corrected chi connectivity index (χ4v) is 3.46. The lowest BCUT2D eigenvalue weighted by atomic mass is 10.2. The van der Waals surface area contributed by atoms with Gasteiger partial charge in [0.25, 0.3) is 0 Å². The lowest BCUT2D eigenvalue weighted by Gasteiger charge is -2.23. The normalized spacial score (nSPS) is 11.9. The third-order valence-corrected chi connectivity index (χ3v) is 5.02. The molecule has 0 fully saturated rings. The van der Waals surface area contributed by atoms with Crippen molar-refractivity contribution < 1.29 is 26.4 Å². The van der Waals surface area contributed by atoms with Crippen molar-refractivity contribution in [3.63, 3.8) is 0 Å². The van der Waals surface area contributed by atoms with Crippen LogP contribution in [0.4, 0.5) is 24.5 Å². The van der Waals surface area contributed by atoms with E-state index in [1.54, 1.807) is 0 Å². The number of rotatable bonds is 5. The molecule has 0 bridgehead atoms. The summed E-state index contributed by atoms with van der Waals surface area (Å²) in [5, 5.41) is 2.47. The first-order valence-electron chi connectivity index (χ1n) is 7.28. The van der Waals surface area contributed by atoms with Gasteiger partial charge in [0.2, 0.25) is 15.9 Å². The van der Waals surface area contributed by atoms with Crippen LogP contribution >= 0.6 is 23.2 Å². The van der Waals surface area contributed by atoms with Crippen molar-refractivity contribution in [1.29, 1.82) is 0 Å². The van der Waals surface area contributed by atoms with Crippen molar-refractivity contribution in [2.24, 2.45) is 0 Å². The van der Waals surface area contributed by atoms with E-state index in [0.29, 0.717) is 4.31 Å². The molecule has 27 heavy (non-hydrogen) atoms. The lowest BCUT2D eigenvalue weighted by molar-refractivity contribution is -0.137. The predicted molar refractivity (Wildman–Crippen MR) is 98.7 cm³/mol. The number of sulfonamides is 1. The molecule has 2 aromatic carbocycles. The lowest BCUT2D eigenvalue weighted by Crippen LogP contribution is -2.37. The average molecular weight is 441 g/mol. The predicted octanol–water partition coefficient (Wildman–Crippen LogP) is 4.42. The highest BCUT2D eigenvalue weighted by Gasteiger charge is 2.30.